The molecule has 0 aliphatic carbocycles. The molecule has 3 nitrogen and oxygen atoms in total. The molecule has 0 bridgehead atoms. The largest absolute Gasteiger partial charge is 0.370 e. The van der Waals surface area contributed by atoms with Crippen molar-refractivity contribution in [3.05, 3.63) is 29.6 Å². The van der Waals surface area contributed by atoms with Crippen LogP contribution >= 0.6 is 0 Å². The number of carbonyl (C=O) groups excluding carboxylic acids is 1. The molecule has 1 rings (SSSR count). The van der Waals surface area contributed by atoms with Gasteiger partial charge in [-0.15, -0.1) is 0 Å². The van der Waals surface area contributed by atoms with Gasteiger partial charge in [0.05, 0.1) is 0 Å². The summed E-state index contributed by atoms with van der Waals surface area (Å²) in [5, 5.41) is 0. The van der Waals surface area contributed by atoms with Crippen molar-refractivity contribution in [1.29, 1.82) is 0 Å². The van der Waals surface area contributed by atoms with E-state index in [0.717, 1.165) is 18.4 Å². The fourth-order valence-corrected chi connectivity index (χ4v) is 1.65. The molecule has 0 aromatic carbocycles. The summed E-state index contributed by atoms with van der Waals surface area (Å²) in [5.74, 6) is 0.0503. The van der Waals surface area contributed by atoms with Crippen LogP contribution in [0.2, 0.25) is 0 Å². The van der Waals surface area contributed by atoms with E-state index in [0.29, 0.717) is 12.2 Å². The SMILES string of the molecule is CCCC(OCC)C(=O)c1cnccc1C. The first-order valence-corrected chi connectivity index (χ1v) is 5.77. The summed E-state index contributed by atoms with van der Waals surface area (Å²) >= 11 is 0. The van der Waals surface area contributed by atoms with Crippen LogP contribution in [0.4, 0.5) is 0 Å². The maximum atomic E-state index is 12.2. The first-order valence-electron chi connectivity index (χ1n) is 5.77. The lowest BCUT2D eigenvalue weighted by Gasteiger charge is -2.15. The second-order valence-electron chi connectivity index (χ2n) is 3.79. The van der Waals surface area contributed by atoms with Gasteiger partial charge in [0, 0.05) is 24.6 Å². The van der Waals surface area contributed by atoms with Gasteiger partial charge in [-0.3, -0.25) is 9.78 Å². The highest BCUT2D eigenvalue weighted by Gasteiger charge is 2.20. The van der Waals surface area contributed by atoms with Gasteiger partial charge in [0.25, 0.3) is 0 Å². The number of hydrogen-bond acceptors (Lipinski definition) is 3. The first kappa shape index (κ1) is 12.8. The summed E-state index contributed by atoms with van der Waals surface area (Å²) in [6.45, 7) is 6.45. The summed E-state index contributed by atoms with van der Waals surface area (Å²) in [7, 11) is 0. The molecule has 1 unspecified atom stereocenters. The fraction of sp³-hybridized carbons (Fsp3) is 0.538. The summed E-state index contributed by atoms with van der Waals surface area (Å²) in [4.78, 5) is 16.2. The highest BCUT2D eigenvalue weighted by Crippen LogP contribution is 2.13. The minimum absolute atomic E-state index is 0.0503. The Kier molecular flexibility index (Phi) is 5.12. The van der Waals surface area contributed by atoms with E-state index in [2.05, 4.69) is 11.9 Å². The number of ketones is 1. The van der Waals surface area contributed by atoms with Gasteiger partial charge in [0.2, 0.25) is 0 Å². The van der Waals surface area contributed by atoms with Gasteiger partial charge in [-0.05, 0) is 31.9 Å². The monoisotopic (exact) mass is 221 g/mol. The lowest BCUT2D eigenvalue weighted by atomic mass is 10.0. The lowest BCUT2D eigenvalue weighted by molar-refractivity contribution is 0.0422. The van der Waals surface area contributed by atoms with Crippen LogP contribution in [0.1, 0.15) is 42.6 Å². The van der Waals surface area contributed by atoms with Gasteiger partial charge in [0.15, 0.2) is 5.78 Å². The van der Waals surface area contributed by atoms with Crippen molar-refractivity contribution in [3.63, 3.8) is 0 Å². The molecule has 0 saturated heterocycles. The average molecular weight is 221 g/mol. The van der Waals surface area contributed by atoms with E-state index in [1.165, 1.54) is 0 Å². The summed E-state index contributed by atoms with van der Waals surface area (Å²) in [6, 6.07) is 1.85. The third kappa shape index (κ3) is 3.14. The minimum atomic E-state index is -0.321. The molecule has 1 heterocycles. The van der Waals surface area contributed by atoms with Gasteiger partial charge < -0.3 is 4.74 Å². The molecule has 3 heteroatoms. The normalized spacial score (nSPS) is 12.4. The molecule has 1 aromatic heterocycles. The smallest absolute Gasteiger partial charge is 0.193 e. The second-order valence-corrected chi connectivity index (χ2v) is 3.79. The third-order valence-electron chi connectivity index (χ3n) is 2.52. The van der Waals surface area contributed by atoms with Crippen LogP contribution in [0, 0.1) is 6.92 Å². The molecule has 0 saturated carbocycles. The van der Waals surface area contributed by atoms with E-state index in [1.54, 1.807) is 12.4 Å². The molecule has 0 radical (unpaired) electrons. The topological polar surface area (TPSA) is 39.2 Å². The second kappa shape index (κ2) is 6.38. The Bertz CT molecular complexity index is 344. The molecular formula is C13H19NO2. The summed E-state index contributed by atoms with van der Waals surface area (Å²) in [6.07, 6.45) is 4.70. The van der Waals surface area contributed by atoms with Crippen LogP contribution < -0.4 is 0 Å². The van der Waals surface area contributed by atoms with Gasteiger partial charge >= 0.3 is 0 Å². The van der Waals surface area contributed by atoms with E-state index in [1.807, 2.05) is 19.9 Å². The first-order chi connectivity index (χ1) is 7.70. The van der Waals surface area contributed by atoms with Crippen molar-refractivity contribution >= 4 is 5.78 Å². The Hall–Kier alpha value is -1.22. The number of aryl methyl sites for hydroxylation is 1. The van der Waals surface area contributed by atoms with E-state index in [4.69, 9.17) is 4.74 Å². The zero-order chi connectivity index (χ0) is 12.0. The van der Waals surface area contributed by atoms with Crippen LogP contribution in [0.25, 0.3) is 0 Å². The number of aromatic nitrogens is 1. The number of rotatable bonds is 6. The zero-order valence-electron chi connectivity index (χ0n) is 10.2. The summed E-state index contributed by atoms with van der Waals surface area (Å²) in [5.41, 5.74) is 1.63. The third-order valence-corrected chi connectivity index (χ3v) is 2.52. The van der Waals surface area contributed by atoms with E-state index in [-0.39, 0.29) is 11.9 Å². The van der Waals surface area contributed by atoms with Crippen LogP contribution in [-0.2, 0) is 4.74 Å². The Morgan fingerprint density at radius 2 is 2.25 bits per heavy atom. The molecular weight excluding hydrogens is 202 g/mol. The van der Waals surface area contributed by atoms with Crippen LogP contribution in [0.3, 0.4) is 0 Å². The Labute approximate surface area is 96.8 Å². The number of ether oxygens (including phenoxy) is 1. The number of nitrogens with zero attached hydrogens (tertiary/aromatic N) is 1. The highest BCUT2D eigenvalue weighted by molar-refractivity contribution is 6.00. The number of carbonyl (C=O) groups is 1. The van der Waals surface area contributed by atoms with Gasteiger partial charge in [-0.1, -0.05) is 13.3 Å². The molecule has 1 aromatic rings. The Morgan fingerprint density at radius 3 is 2.81 bits per heavy atom. The van der Waals surface area contributed by atoms with E-state index in [9.17, 15) is 4.79 Å². The van der Waals surface area contributed by atoms with Crippen LogP contribution in [-0.4, -0.2) is 23.5 Å². The zero-order valence-corrected chi connectivity index (χ0v) is 10.2. The lowest BCUT2D eigenvalue weighted by Crippen LogP contribution is -2.25. The van der Waals surface area contributed by atoms with Gasteiger partial charge in [0.1, 0.15) is 6.10 Å². The van der Waals surface area contributed by atoms with E-state index >= 15 is 0 Å². The Balaban J connectivity index is 2.85. The van der Waals surface area contributed by atoms with Crippen LogP contribution in [0.15, 0.2) is 18.5 Å². The van der Waals surface area contributed by atoms with E-state index < -0.39 is 0 Å². The molecule has 88 valence electrons. The minimum Gasteiger partial charge on any atom is -0.370 e. The molecule has 16 heavy (non-hydrogen) atoms. The van der Waals surface area contributed by atoms with Gasteiger partial charge in [-0.25, -0.2) is 0 Å². The van der Waals surface area contributed by atoms with Crippen molar-refractivity contribution in [2.75, 3.05) is 6.61 Å². The predicted molar refractivity (Wildman–Crippen MR) is 63.6 cm³/mol. The molecule has 0 aliphatic rings. The summed E-state index contributed by atoms with van der Waals surface area (Å²) < 4.78 is 5.48. The molecule has 0 fully saturated rings. The van der Waals surface area contributed by atoms with Crippen LogP contribution in [0.5, 0.6) is 0 Å². The molecule has 0 spiro atoms. The quantitative estimate of drug-likeness (QED) is 0.693. The fourth-order valence-electron chi connectivity index (χ4n) is 1.65. The van der Waals surface area contributed by atoms with Crippen molar-refractivity contribution in [2.24, 2.45) is 0 Å². The van der Waals surface area contributed by atoms with Crippen molar-refractivity contribution in [2.45, 2.75) is 39.7 Å². The predicted octanol–water partition coefficient (Wildman–Crippen LogP) is 2.78. The highest BCUT2D eigenvalue weighted by atomic mass is 16.5. The number of Topliss-reactive ketones (excluding diaryl/α,β-unsaturated/α-hetero) is 1. The molecule has 0 amide bonds. The molecule has 0 aliphatic heterocycles. The van der Waals surface area contributed by atoms with Crippen molar-refractivity contribution < 1.29 is 9.53 Å². The Morgan fingerprint density at radius 1 is 1.50 bits per heavy atom. The molecule has 0 N–H and O–H groups in total. The van der Waals surface area contributed by atoms with Crippen molar-refractivity contribution in [1.82, 2.24) is 4.98 Å². The number of pyridine rings is 1. The van der Waals surface area contributed by atoms with Gasteiger partial charge in [-0.2, -0.15) is 0 Å². The number of hydrogen-bond donors (Lipinski definition) is 0. The maximum absolute atomic E-state index is 12.2. The maximum Gasteiger partial charge on any atom is 0.193 e. The van der Waals surface area contributed by atoms with Crippen molar-refractivity contribution in [3.8, 4) is 0 Å². The molecule has 1 atom stereocenters. The standard InChI is InChI=1S/C13H19NO2/c1-4-6-12(16-5-2)13(15)11-9-14-8-7-10(11)3/h7-9,12H,4-6H2,1-3H3. The average Bonchev–Trinajstić information content (AvgIpc) is 2.28.